The Balaban J connectivity index is 6.05. The fraction of sp³-hybridized carbons (Fsp3) is 0.591. The monoisotopic (exact) mass is 530 g/mol. The Bertz CT molecular complexity index is 766. The summed E-state index contributed by atoms with van der Waals surface area (Å²) in [6.07, 6.45) is 1.38. The zero-order chi connectivity index (χ0) is 26.9. The van der Waals surface area contributed by atoms with Crippen molar-refractivity contribution in [3.8, 4) is 0 Å². The van der Waals surface area contributed by atoms with Crippen LogP contribution in [0.1, 0.15) is 40.0 Å². The third-order valence-corrected chi connectivity index (χ3v) is 15.3. The number of carbonyl (C=O) groups excluding carboxylic acids is 3. The van der Waals surface area contributed by atoms with E-state index in [2.05, 4.69) is 25.1 Å². The van der Waals surface area contributed by atoms with Crippen molar-refractivity contribution in [2.75, 3.05) is 6.54 Å². The third kappa shape index (κ3) is 10.6. The van der Waals surface area contributed by atoms with E-state index in [1.54, 1.807) is 46.6 Å². The molecule has 0 aliphatic heterocycles. The summed E-state index contributed by atoms with van der Waals surface area (Å²) in [5, 5.41) is 14.2. The molecule has 0 aromatic heterocycles. The van der Waals surface area contributed by atoms with Gasteiger partial charge >= 0.3 is 37.6 Å². The van der Waals surface area contributed by atoms with Gasteiger partial charge in [-0.25, -0.2) is 9.59 Å². The quantitative estimate of drug-likeness (QED) is 0.237. The molecule has 0 fully saturated rings. The third-order valence-electron chi connectivity index (χ3n) is 4.90. The van der Waals surface area contributed by atoms with Crippen LogP contribution in [-0.4, -0.2) is 55.8 Å². The fourth-order valence-corrected chi connectivity index (χ4v) is 15.3. The van der Waals surface area contributed by atoms with Crippen LogP contribution in [0.3, 0.4) is 0 Å². The molecule has 0 amide bonds. The molecule has 1 N–H and O–H groups in total. The zero-order valence-electron chi connectivity index (χ0n) is 21.8. The van der Waals surface area contributed by atoms with E-state index in [1.807, 2.05) is 6.92 Å². The molecule has 0 aliphatic rings. The number of aliphatic carboxylic acids is 1. The van der Waals surface area contributed by atoms with Crippen molar-refractivity contribution >= 4 is 43.6 Å². The molecule has 0 rings (SSSR count). The molecule has 0 saturated heterocycles. The molecule has 9 nitrogen and oxygen atoms in total. The predicted octanol–water partition coefficient (Wildman–Crippen LogP) is 2.73. The first-order valence-electron chi connectivity index (χ1n) is 11.3. The summed E-state index contributed by atoms with van der Waals surface area (Å²) in [4.78, 5) is 35.9. The number of hydrogen-bond donors (Lipinski definition) is 1. The highest BCUT2D eigenvalue weighted by Crippen LogP contribution is 2.27. The Morgan fingerprint density at radius 2 is 1.18 bits per heavy atom. The Kier molecular flexibility index (Phi) is 12.6. The van der Waals surface area contributed by atoms with Crippen LogP contribution in [0.15, 0.2) is 36.5 Å². The molecule has 1 unspecified atom stereocenters. The Hall–Kier alpha value is -1.84. The van der Waals surface area contributed by atoms with Crippen LogP contribution in [0.5, 0.6) is 0 Å². The molecule has 0 heterocycles. The number of nitrogens with one attached hydrogen (secondary N) is 1. The largest absolute Gasteiger partial charge is 0.545 e. The van der Waals surface area contributed by atoms with Crippen molar-refractivity contribution in [3.63, 3.8) is 0 Å². The van der Waals surface area contributed by atoms with Crippen molar-refractivity contribution < 1.29 is 36.6 Å². The standard InChI is InChI=1S/C22H41NO8Si3/c1-12-16(4)21(26)28-32(7,8)30-34(11,19(14-3)23-15-18(6)20(24)25)31-33(9,10)29-22(27)17(5)13-2/h19,23H,4-6,12-15H2,1-3,7-11H3,(H,24,25)/p-1. The molecule has 0 radical (unpaired) electrons. The van der Waals surface area contributed by atoms with E-state index >= 15 is 0 Å². The maximum absolute atomic E-state index is 12.4. The lowest BCUT2D eigenvalue weighted by Gasteiger charge is -2.43. The van der Waals surface area contributed by atoms with Crippen LogP contribution in [0, 0.1) is 0 Å². The summed E-state index contributed by atoms with van der Waals surface area (Å²) < 4.78 is 24.3. The average Bonchev–Trinajstić information content (AvgIpc) is 2.70. The van der Waals surface area contributed by atoms with Crippen LogP contribution in [0.4, 0.5) is 0 Å². The van der Waals surface area contributed by atoms with Gasteiger partial charge in [-0.05, 0) is 57.6 Å². The summed E-state index contributed by atoms with van der Waals surface area (Å²) in [5.74, 6) is -2.44. The second-order valence-corrected chi connectivity index (χ2v) is 19.3. The van der Waals surface area contributed by atoms with Crippen molar-refractivity contribution in [2.45, 2.75) is 78.4 Å². The maximum Gasteiger partial charge on any atom is 0.387 e. The number of rotatable bonds is 16. The predicted molar refractivity (Wildman–Crippen MR) is 136 cm³/mol. The smallest absolute Gasteiger partial charge is 0.387 e. The van der Waals surface area contributed by atoms with Crippen LogP contribution in [-0.2, 0) is 31.5 Å². The summed E-state index contributed by atoms with van der Waals surface area (Å²) in [6, 6.07) is 0. The van der Waals surface area contributed by atoms with E-state index in [-0.39, 0.29) is 12.1 Å². The van der Waals surface area contributed by atoms with Crippen LogP contribution in [0.2, 0.25) is 32.7 Å². The second-order valence-electron chi connectivity index (χ2n) is 8.95. The molecule has 0 aromatic carbocycles. The molecule has 0 aliphatic carbocycles. The highest BCUT2D eigenvalue weighted by Gasteiger charge is 2.52. The van der Waals surface area contributed by atoms with Gasteiger partial charge < -0.3 is 32.3 Å². The molecule has 194 valence electrons. The van der Waals surface area contributed by atoms with Gasteiger partial charge in [-0.3, -0.25) is 0 Å². The molecule has 0 bridgehead atoms. The van der Waals surface area contributed by atoms with Gasteiger partial charge in [-0.1, -0.05) is 40.5 Å². The highest BCUT2D eigenvalue weighted by molar-refractivity contribution is 6.86. The van der Waals surface area contributed by atoms with Gasteiger partial charge in [0.1, 0.15) is 0 Å². The highest BCUT2D eigenvalue weighted by atomic mass is 28.5. The van der Waals surface area contributed by atoms with Crippen LogP contribution in [0.25, 0.3) is 0 Å². The van der Waals surface area contributed by atoms with Gasteiger partial charge in [0, 0.05) is 23.4 Å². The summed E-state index contributed by atoms with van der Waals surface area (Å²) >= 11 is 0. The molecular formula is C22H40NO8Si3-. The number of carboxylic acid groups (broad SMARTS) is 1. The molecule has 0 saturated carbocycles. The van der Waals surface area contributed by atoms with Crippen molar-refractivity contribution in [2.24, 2.45) is 0 Å². The first kappa shape index (κ1) is 32.2. The lowest BCUT2D eigenvalue weighted by molar-refractivity contribution is -0.299. The molecule has 1 atom stereocenters. The summed E-state index contributed by atoms with van der Waals surface area (Å²) in [7, 11) is -9.54. The first-order chi connectivity index (χ1) is 15.4. The van der Waals surface area contributed by atoms with Crippen molar-refractivity contribution in [1.82, 2.24) is 5.32 Å². The Morgan fingerprint density at radius 3 is 1.47 bits per heavy atom. The molecular weight excluding hydrogens is 490 g/mol. The number of hydrogen-bond acceptors (Lipinski definition) is 9. The van der Waals surface area contributed by atoms with E-state index in [0.717, 1.165) is 0 Å². The fourth-order valence-electron chi connectivity index (χ4n) is 3.08. The van der Waals surface area contributed by atoms with Crippen molar-refractivity contribution in [1.29, 1.82) is 0 Å². The van der Waals surface area contributed by atoms with Crippen LogP contribution < -0.4 is 10.4 Å². The topological polar surface area (TPSA) is 123 Å². The minimum absolute atomic E-state index is 0.0566. The SMILES string of the molecule is C=C(CNC(CC)[Si](C)(O[Si](C)(C)OC(=O)C(=C)CC)O[Si](C)(C)OC(=O)C(=C)CC)C(=O)[O-]. The maximum atomic E-state index is 12.4. The molecule has 34 heavy (non-hydrogen) atoms. The minimum Gasteiger partial charge on any atom is -0.545 e. The zero-order valence-corrected chi connectivity index (χ0v) is 24.8. The van der Waals surface area contributed by atoms with Gasteiger partial charge in [0.25, 0.3) is 0 Å². The lowest BCUT2D eigenvalue weighted by atomic mass is 10.2. The van der Waals surface area contributed by atoms with Gasteiger partial charge in [0.2, 0.25) is 0 Å². The normalized spacial score (nSPS) is 13.1. The van der Waals surface area contributed by atoms with E-state index in [4.69, 9.17) is 17.1 Å². The molecule has 0 aromatic rings. The average molecular weight is 531 g/mol. The molecule has 12 heteroatoms. The molecule has 0 spiro atoms. The lowest BCUT2D eigenvalue weighted by Crippen LogP contribution is -2.66. The van der Waals surface area contributed by atoms with Crippen LogP contribution >= 0.6 is 0 Å². The van der Waals surface area contributed by atoms with E-state index in [0.29, 0.717) is 30.4 Å². The first-order valence-corrected chi connectivity index (χ1v) is 19.3. The van der Waals surface area contributed by atoms with Crippen molar-refractivity contribution in [3.05, 3.63) is 36.5 Å². The van der Waals surface area contributed by atoms with E-state index in [9.17, 15) is 19.5 Å². The second kappa shape index (κ2) is 13.3. The number of carboxylic acids is 1. The van der Waals surface area contributed by atoms with E-state index in [1.165, 1.54) is 0 Å². The van der Waals surface area contributed by atoms with Gasteiger partial charge in [0.05, 0.1) is 5.97 Å². The van der Waals surface area contributed by atoms with Gasteiger partial charge in [-0.2, -0.15) is 0 Å². The Labute approximate surface area is 207 Å². The Morgan fingerprint density at radius 1 is 0.794 bits per heavy atom. The summed E-state index contributed by atoms with van der Waals surface area (Å²) in [5.41, 5.74) is 0.0821. The number of carbonyl (C=O) groups is 3. The van der Waals surface area contributed by atoms with E-state index < -0.39 is 49.3 Å². The van der Waals surface area contributed by atoms with Gasteiger partial charge in [-0.15, -0.1) is 0 Å². The minimum atomic E-state index is -3.33. The summed E-state index contributed by atoms with van der Waals surface area (Å²) in [6.45, 7) is 25.0. The van der Waals surface area contributed by atoms with Gasteiger partial charge in [0.15, 0.2) is 0 Å².